The normalized spacial score (nSPS) is 41.5. The highest BCUT2D eigenvalue weighted by atomic mass is 32.2. The molecule has 0 unspecified atom stereocenters. The summed E-state index contributed by atoms with van der Waals surface area (Å²) in [5, 5.41) is 12.8. The smallest absolute Gasteiger partial charge is 0.435 e. The number of hydrogen-bond acceptors (Lipinski definition) is 4. The second kappa shape index (κ2) is 8.14. The summed E-state index contributed by atoms with van der Waals surface area (Å²) >= 11 is 0. The molecule has 47 heavy (non-hydrogen) atoms. The molecular formula is C32H25F8NO5S. The number of carbonyl (C=O) groups excluding carboxylic acids is 1. The summed E-state index contributed by atoms with van der Waals surface area (Å²) in [6.07, 6.45) is -13.0. The van der Waals surface area contributed by atoms with Crippen molar-refractivity contribution < 1.29 is 58.2 Å². The molecular weight excluding hydrogens is 662 g/mol. The van der Waals surface area contributed by atoms with Crippen LogP contribution in [0.1, 0.15) is 36.0 Å². The van der Waals surface area contributed by atoms with Crippen LogP contribution in [-0.2, 0) is 36.3 Å². The predicted molar refractivity (Wildman–Crippen MR) is 143 cm³/mol. The Balaban J connectivity index is 1.09. The number of fused-ring (bicyclic) bond motifs is 3. The summed E-state index contributed by atoms with van der Waals surface area (Å²) in [5.74, 6) is -2.85. The lowest BCUT2D eigenvalue weighted by Gasteiger charge is -3.09. The maximum atomic E-state index is 15.1. The van der Waals surface area contributed by atoms with Crippen LogP contribution in [-0.4, -0.2) is 43.8 Å². The molecule has 15 heteroatoms. The van der Waals surface area contributed by atoms with E-state index in [1.54, 1.807) is 0 Å². The van der Waals surface area contributed by atoms with Crippen LogP contribution < -0.4 is 5.32 Å². The lowest BCUT2D eigenvalue weighted by Crippen LogP contribution is -3.12. The lowest BCUT2D eigenvalue weighted by atomic mass is 8.92. The number of rotatable bonds is 6. The Bertz CT molecular complexity index is 1860. The third-order valence-corrected chi connectivity index (χ3v) is 16.3. The molecule has 6 nitrogen and oxygen atoms in total. The number of aryl methyl sites for hydroxylation is 1. The van der Waals surface area contributed by atoms with Crippen molar-refractivity contribution in [3.63, 3.8) is 0 Å². The zero-order chi connectivity index (χ0) is 33.6. The number of halogens is 8. The fraction of sp³-hybridized carbons (Fsp3) is 0.562. The minimum atomic E-state index is -6.36. The molecule has 2 N–H and O–H groups in total. The third kappa shape index (κ3) is 2.72. The Kier molecular flexibility index (Phi) is 5.17. The Morgan fingerprint density at radius 1 is 0.809 bits per heavy atom. The molecule has 8 aliphatic carbocycles. The van der Waals surface area contributed by atoms with Gasteiger partial charge in [0, 0.05) is 17.5 Å². The first kappa shape index (κ1) is 29.9. The Hall–Kier alpha value is -3.23. The third-order valence-electron chi connectivity index (χ3n) is 13.7. The van der Waals surface area contributed by atoms with E-state index in [-0.39, 0.29) is 83.1 Å². The van der Waals surface area contributed by atoms with Crippen LogP contribution in [0.5, 0.6) is 0 Å². The topological polar surface area (TPSA) is 101 Å². The van der Waals surface area contributed by atoms with Gasteiger partial charge in [0.05, 0.1) is 15.7 Å². The Morgan fingerprint density at radius 2 is 1.36 bits per heavy atom. The predicted octanol–water partition coefficient (Wildman–Crippen LogP) is 5.45. The van der Waals surface area contributed by atoms with Gasteiger partial charge in [0.2, 0.25) is 5.91 Å². The molecule has 1 amide bonds. The number of aliphatic carboxylic acids is 1. The van der Waals surface area contributed by atoms with Crippen molar-refractivity contribution in [2.75, 3.05) is 0 Å². The second-order valence-electron chi connectivity index (χ2n) is 14.5. The van der Waals surface area contributed by atoms with Crippen LogP contribution in [0.4, 0.5) is 35.1 Å². The molecule has 0 spiro atoms. The number of sulfone groups is 1. The molecule has 2 aromatic carbocycles. The fourth-order valence-electron chi connectivity index (χ4n) is 12.3. The van der Waals surface area contributed by atoms with E-state index < -0.39 is 72.7 Å². The standard InChI is InChI=1S/C32H25F8NO5S/c33-14-3-5-15(6-4-14)47(45,46)27-10-9-18(41-25(42)28-19-22-20(28)24-21(28)23(19)29(22,24)26(43)44)17(27)7-1-12-11-13(2-8-16(12)27)30(34,31(35,36)37)32(38,39)40/h2-6,8,11,17-24H,1,7,9-10H2,(H,41,42)(H,43,44)/t17-,18+,19?,20?,21?,22?,23?,24?,27+,28?,29?/m0/s1. The molecule has 250 valence electrons. The van der Waals surface area contributed by atoms with Gasteiger partial charge >= 0.3 is 24.0 Å². The first-order valence-electron chi connectivity index (χ1n) is 15.4. The minimum Gasteiger partial charge on any atom is -0.481 e. The molecule has 0 bridgehead atoms. The Morgan fingerprint density at radius 3 is 1.89 bits per heavy atom. The quantitative estimate of drug-likeness (QED) is 0.311. The van der Waals surface area contributed by atoms with E-state index in [1.165, 1.54) is 0 Å². The second-order valence-corrected chi connectivity index (χ2v) is 16.7. The molecule has 0 aliphatic heterocycles. The van der Waals surface area contributed by atoms with Crippen LogP contribution >= 0.6 is 0 Å². The fourth-order valence-corrected chi connectivity index (χ4v) is 14.7. The number of carboxylic acid groups (broad SMARTS) is 1. The largest absolute Gasteiger partial charge is 0.481 e. The highest BCUT2D eigenvalue weighted by Gasteiger charge is 3.13. The van der Waals surface area contributed by atoms with E-state index in [0.717, 1.165) is 30.3 Å². The van der Waals surface area contributed by atoms with Crippen molar-refractivity contribution in [2.45, 2.75) is 59.4 Å². The highest BCUT2D eigenvalue weighted by molar-refractivity contribution is 7.92. The highest BCUT2D eigenvalue weighted by Crippen LogP contribution is 3.10. The lowest BCUT2D eigenvalue weighted by molar-refractivity contribution is -0.626. The van der Waals surface area contributed by atoms with Gasteiger partial charge in [-0.25, -0.2) is 17.2 Å². The number of amides is 1. The number of alkyl halides is 7. The molecule has 10 rings (SSSR count). The van der Waals surface area contributed by atoms with E-state index in [0.29, 0.717) is 12.1 Å². The average molecular weight is 688 g/mol. The Labute approximate surface area is 261 Å². The van der Waals surface area contributed by atoms with Gasteiger partial charge in [-0.2, -0.15) is 26.3 Å². The van der Waals surface area contributed by atoms with E-state index in [2.05, 4.69) is 5.32 Å². The van der Waals surface area contributed by atoms with Crippen LogP contribution in [0.25, 0.3) is 0 Å². The maximum Gasteiger partial charge on any atom is 0.435 e. The molecule has 7 saturated carbocycles. The molecule has 0 saturated heterocycles. The molecule has 0 aromatic heterocycles. The van der Waals surface area contributed by atoms with Gasteiger partial charge in [-0.15, -0.1) is 0 Å². The summed E-state index contributed by atoms with van der Waals surface area (Å²) in [6.45, 7) is 0. The zero-order valence-electron chi connectivity index (χ0n) is 24.0. The molecule has 8 aliphatic rings. The maximum absolute atomic E-state index is 15.1. The van der Waals surface area contributed by atoms with Gasteiger partial charge in [-0.3, -0.25) is 9.59 Å². The molecule has 7 fully saturated rings. The van der Waals surface area contributed by atoms with E-state index in [4.69, 9.17) is 0 Å². The summed E-state index contributed by atoms with van der Waals surface area (Å²) < 4.78 is 138. The van der Waals surface area contributed by atoms with Crippen molar-refractivity contribution in [3.05, 3.63) is 65.0 Å². The van der Waals surface area contributed by atoms with Gasteiger partial charge in [0.25, 0.3) is 0 Å². The van der Waals surface area contributed by atoms with Crippen LogP contribution in [0, 0.1) is 58.1 Å². The molecule has 0 heterocycles. The van der Waals surface area contributed by atoms with Crippen LogP contribution in [0.3, 0.4) is 0 Å². The number of carboxylic acids is 1. The van der Waals surface area contributed by atoms with Gasteiger partial charge in [0.1, 0.15) is 10.6 Å². The number of nitrogens with one attached hydrogen (secondary N) is 1. The average Bonchev–Trinajstić information content (AvgIpc) is 3.39. The van der Waals surface area contributed by atoms with Crippen molar-refractivity contribution >= 4 is 21.7 Å². The first-order chi connectivity index (χ1) is 21.9. The number of carbonyl (C=O) groups is 2. The van der Waals surface area contributed by atoms with Crippen LogP contribution in [0.15, 0.2) is 47.4 Å². The summed E-state index contributed by atoms with van der Waals surface area (Å²) in [6, 6.07) is 4.73. The van der Waals surface area contributed by atoms with Gasteiger partial charge in [-0.05, 0) is 96.6 Å². The number of benzene rings is 2. The van der Waals surface area contributed by atoms with Crippen LogP contribution in [0.2, 0.25) is 0 Å². The van der Waals surface area contributed by atoms with E-state index in [1.807, 2.05) is 0 Å². The molecule has 0 radical (unpaired) electrons. The van der Waals surface area contributed by atoms with Crippen molar-refractivity contribution in [2.24, 2.45) is 52.3 Å². The minimum absolute atomic E-state index is 0.0264. The zero-order valence-corrected chi connectivity index (χ0v) is 24.8. The van der Waals surface area contributed by atoms with Gasteiger partial charge in [-0.1, -0.05) is 18.2 Å². The van der Waals surface area contributed by atoms with Gasteiger partial charge < -0.3 is 10.4 Å². The summed E-state index contributed by atoms with van der Waals surface area (Å²) in [4.78, 5) is 25.5. The summed E-state index contributed by atoms with van der Waals surface area (Å²) in [5.41, 5.74) is -9.05. The number of hydrogen-bond donors (Lipinski definition) is 2. The summed E-state index contributed by atoms with van der Waals surface area (Å²) in [7, 11) is -4.53. The van der Waals surface area contributed by atoms with Crippen molar-refractivity contribution in [1.82, 2.24) is 5.32 Å². The van der Waals surface area contributed by atoms with E-state index >= 15 is 4.39 Å². The first-order valence-corrected chi connectivity index (χ1v) is 16.8. The monoisotopic (exact) mass is 687 g/mol. The molecule has 2 aromatic rings. The van der Waals surface area contributed by atoms with Crippen molar-refractivity contribution in [3.8, 4) is 0 Å². The van der Waals surface area contributed by atoms with Gasteiger partial charge in [0.15, 0.2) is 9.84 Å². The van der Waals surface area contributed by atoms with Crippen molar-refractivity contribution in [1.29, 1.82) is 0 Å². The SMILES string of the molecule is O=C(O)C12C3C4C1C1C2C3C41C(=O)N[C@@H]1CC[C@@]2(S(=O)(=O)c3ccc(F)cc3)c3ccc(C(F)(C(F)(F)F)C(F)(F)F)cc3CC[C@@H]12. The molecule has 3 atom stereocenters. The van der Waals surface area contributed by atoms with E-state index in [9.17, 15) is 53.8 Å².